The molecule has 0 saturated carbocycles. The molecule has 0 unspecified atom stereocenters. The van der Waals surface area contributed by atoms with Crippen LogP contribution in [0.2, 0.25) is 0 Å². The first-order valence-corrected chi connectivity index (χ1v) is 9.93. The van der Waals surface area contributed by atoms with E-state index in [1.54, 1.807) is 0 Å². The van der Waals surface area contributed by atoms with Crippen LogP contribution in [-0.4, -0.2) is 29.8 Å². The molecule has 0 aliphatic heterocycles. The van der Waals surface area contributed by atoms with Crippen molar-refractivity contribution < 1.29 is 0 Å². The Bertz CT molecular complexity index is 1110. The number of nitrogens with one attached hydrogen (secondary N) is 1. The minimum Gasteiger partial charge on any atom is -0.267 e. The van der Waals surface area contributed by atoms with E-state index in [0.29, 0.717) is 21.6 Å². The topological polar surface area (TPSA) is 88.8 Å². The molecule has 26 heavy (non-hydrogen) atoms. The van der Waals surface area contributed by atoms with Gasteiger partial charge in [-0.3, -0.25) is 9.89 Å². The number of rotatable bonds is 5. The summed E-state index contributed by atoms with van der Waals surface area (Å²) < 4.78 is 1.33. The number of aromatic nitrogens is 6. The molecule has 9 heteroatoms. The zero-order valence-corrected chi connectivity index (χ0v) is 15.9. The Morgan fingerprint density at radius 3 is 2.81 bits per heavy atom. The standard InChI is InChI=1S/C17H16N6OS2/c1-3-11-4-6-12(7-5-11)15-19-16(21-20-15)25-9-13-8-14(24)23-17(18-13)26-10(2)22-23/h4-8H,3,9H2,1-2H3,(H,19,20,21). The van der Waals surface area contributed by atoms with Crippen LogP contribution in [0.3, 0.4) is 0 Å². The largest absolute Gasteiger partial charge is 0.275 e. The van der Waals surface area contributed by atoms with Crippen LogP contribution >= 0.6 is 23.1 Å². The van der Waals surface area contributed by atoms with Crippen LogP contribution in [0.15, 0.2) is 40.3 Å². The van der Waals surface area contributed by atoms with Gasteiger partial charge in [0.05, 0.1) is 5.69 Å². The molecule has 132 valence electrons. The van der Waals surface area contributed by atoms with Gasteiger partial charge in [-0.2, -0.15) is 9.61 Å². The van der Waals surface area contributed by atoms with Crippen molar-refractivity contribution in [2.75, 3.05) is 0 Å². The Hall–Kier alpha value is -2.52. The van der Waals surface area contributed by atoms with E-state index in [2.05, 4.69) is 44.3 Å². The summed E-state index contributed by atoms with van der Waals surface area (Å²) >= 11 is 2.84. The molecule has 1 N–H and O–H groups in total. The lowest BCUT2D eigenvalue weighted by molar-refractivity contribution is 0.871. The number of aryl methyl sites for hydroxylation is 2. The van der Waals surface area contributed by atoms with Crippen LogP contribution in [0, 0.1) is 6.92 Å². The molecular formula is C17H16N6OS2. The van der Waals surface area contributed by atoms with Crippen LogP contribution in [0.25, 0.3) is 16.3 Å². The average molecular weight is 384 g/mol. The molecule has 1 aromatic carbocycles. The van der Waals surface area contributed by atoms with E-state index < -0.39 is 0 Å². The average Bonchev–Trinajstić information content (AvgIpc) is 3.26. The predicted octanol–water partition coefficient (Wildman–Crippen LogP) is 3.10. The van der Waals surface area contributed by atoms with Gasteiger partial charge in [0, 0.05) is 17.4 Å². The lowest BCUT2D eigenvalue weighted by Gasteiger charge is -1.99. The summed E-state index contributed by atoms with van der Waals surface area (Å²) in [6.07, 6.45) is 1.01. The van der Waals surface area contributed by atoms with Crippen molar-refractivity contribution in [3.63, 3.8) is 0 Å². The SMILES string of the molecule is CCc1ccc(-c2nc(SCc3cc(=O)n4nc(C)sc4n3)n[nH]2)cc1. The normalized spacial score (nSPS) is 11.3. The van der Waals surface area contributed by atoms with Gasteiger partial charge in [-0.1, -0.05) is 54.3 Å². The quantitative estimate of drug-likeness (QED) is 0.532. The van der Waals surface area contributed by atoms with Crippen molar-refractivity contribution in [3.05, 3.63) is 57.0 Å². The van der Waals surface area contributed by atoms with Crippen molar-refractivity contribution >= 4 is 28.1 Å². The fourth-order valence-corrected chi connectivity index (χ4v) is 3.96. The zero-order valence-electron chi connectivity index (χ0n) is 14.3. The second-order valence-corrected chi connectivity index (χ2v) is 7.81. The molecular weight excluding hydrogens is 368 g/mol. The maximum absolute atomic E-state index is 12.1. The van der Waals surface area contributed by atoms with Gasteiger partial charge < -0.3 is 0 Å². The summed E-state index contributed by atoms with van der Waals surface area (Å²) in [5.74, 6) is 1.26. The Labute approximate surface area is 157 Å². The van der Waals surface area contributed by atoms with Gasteiger partial charge >= 0.3 is 0 Å². The summed E-state index contributed by atoms with van der Waals surface area (Å²) in [5, 5.41) is 12.8. The van der Waals surface area contributed by atoms with Gasteiger partial charge in [0.1, 0.15) is 5.01 Å². The van der Waals surface area contributed by atoms with Crippen LogP contribution < -0.4 is 5.56 Å². The minimum absolute atomic E-state index is 0.165. The summed E-state index contributed by atoms with van der Waals surface area (Å²) in [6, 6.07) is 9.77. The van der Waals surface area contributed by atoms with Crippen molar-refractivity contribution in [1.29, 1.82) is 0 Å². The Kier molecular flexibility index (Phi) is 4.56. The summed E-state index contributed by atoms with van der Waals surface area (Å²) in [7, 11) is 0. The Morgan fingerprint density at radius 1 is 1.23 bits per heavy atom. The number of nitrogens with zero attached hydrogens (tertiary/aromatic N) is 5. The van der Waals surface area contributed by atoms with Crippen LogP contribution in [0.5, 0.6) is 0 Å². The van der Waals surface area contributed by atoms with E-state index in [1.807, 2.05) is 19.1 Å². The van der Waals surface area contributed by atoms with Gasteiger partial charge in [0.15, 0.2) is 5.82 Å². The maximum atomic E-state index is 12.1. The van der Waals surface area contributed by atoms with Gasteiger partial charge in [-0.25, -0.2) is 9.97 Å². The molecule has 0 radical (unpaired) electrons. The fourth-order valence-electron chi connectivity index (χ4n) is 2.50. The number of hydrogen-bond acceptors (Lipinski definition) is 7. The van der Waals surface area contributed by atoms with Gasteiger partial charge in [0.25, 0.3) is 5.56 Å². The highest BCUT2D eigenvalue weighted by Crippen LogP contribution is 2.22. The highest BCUT2D eigenvalue weighted by atomic mass is 32.2. The molecule has 0 spiro atoms. The van der Waals surface area contributed by atoms with Crippen molar-refractivity contribution in [2.24, 2.45) is 0 Å². The molecule has 4 aromatic rings. The first kappa shape index (κ1) is 16.9. The molecule has 0 atom stereocenters. The van der Waals surface area contributed by atoms with E-state index in [1.165, 1.54) is 39.2 Å². The highest BCUT2D eigenvalue weighted by molar-refractivity contribution is 7.98. The molecule has 0 aliphatic rings. The van der Waals surface area contributed by atoms with Crippen molar-refractivity contribution in [2.45, 2.75) is 31.2 Å². The zero-order chi connectivity index (χ0) is 18.1. The van der Waals surface area contributed by atoms with Crippen molar-refractivity contribution in [3.8, 4) is 11.4 Å². The van der Waals surface area contributed by atoms with Crippen LogP contribution in [0.4, 0.5) is 0 Å². The van der Waals surface area contributed by atoms with E-state index in [0.717, 1.165) is 22.8 Å². The Balaban J connectivity index is 1.50. The van der Waals surface area contributed by atoms with E-state index >= 15 is 0 Å². The molecule has 3 heterocycles. The summed E-state index contributed by atoms with van der Waals surface area (Å²) in [4.78, 5) is 21.7. The maximum Gasteiger partial charge on any atom is 0.275 e. The number of thioether (sulfide) groups is 1. The number of aromatic amines is 1. The summed E-state index contributed by atoms with van der Waals surface area (Å²) in [5.41, 5.74) is 2.82. The third-order valence-corrected chi connectivity index (χ3v) is 5.55. The van der Waals surface area contributed by atoms with E-state index in [9.17, 15) is 4.79 Å². The molecule has 0 bridgehead atoms. The van der Waals surface area contributed by atoms with E-state index in [4.69, 9.17) is 0 Å². The third kappa shape index (κ3) is 3.40. The molecule has 3 aromatic heterocycles. The minimum atomic E-state index is -0.165. The lowest BCUT2D eigenvalue weighted by Crippen LogP contribution is -2.15. The smallest absolute Gasteiger partial charge is 0.267 e. The number of H-pyrrole nitrogens is 1. The van der Waals surface area contributed by atoms with Crippen molar-refractivity contribution in [1.82, 2.24) is 29.8 Å². The molecule has 0 aliphatic carbocycles. The number of benzene rings is 1. The number of hydrogen-bond donors (Lipinski definition) is 1. The van der Waals surface area contributed by atoms with E-state index in [-0.39, 0.29) is 5.56 Å². The molecule has 7 nitrogen and oxygen atoms in total. The third-order valence-electron chi connectivity index (χ3n) is 3.85. The van der Waals surface area contributed by atoms with Crippen LogP contribution in [0.1, 0.15) is 23.2 Å². The fraction of sp³-hybridized carbons (Fsp3) is 0.235. The molecule has 4 rings (SSSR count). The predicted molar refractivity (Wildman–Crippen MR) is 103 cm³/mol. The first-order chi connectivity index (χ1) is 12.6. The molecule has 0 fully saturated rings. The monoisotopic (exact) mass is 384 g/mol. The van der Waals surface area contributed by atoms with Crippen LogP contribution in [-0.2, 0) is 12.2 Å². The van der Waals surface area contributed by atoms with Gasteiger partial charge in [-0.15, -0.1) is 5.10 Å². The molecule has 0 amide bonds. The van der Waals surface area contributed by atoms with Gasteiger partial charge in [0.2, 0.25) is 10.1 Å². The van der Waals surface area contributed by atoms with Gasteiger partial charge in [-0.05, 0) is 18.9 Å². The Morgan fingerprint density at radius 2 is 2.04 bits per heavy atom. The summed E-state index contributed by atoms with van der Waals surface area (Å²) in [6.45, 7) is 3.98. The lowest BCUT2D eigenvalue weighted by atomic mass is 10.1. The first-order valence-electron chi connectivity index (χ1n) is 8.13. The number of fused-ring (bicyclic) bond motifs is 1. The highest BCUT2D eigenvalue weighted by Gasteiger charge is 2.10. The molecule has 0 saturated heterocycles. The second kappa shape index (κ2) is 7.00. The second-order valence-electron chi connectivity index (χ2n) is 5.71.